The van der Waals surface area contributed by atoms with Crippen molar-refractivity contribution in [3.8, 4) is 0 Å². The molecule has 0 radical (unpaired) electrons. The number of hydroxylamine groups is 2. The molecule has 1 amide bonds. The third kappa shape index (κ3) is 2.80. The molecule has 0 aromatic rings. The Morgan fingerprint density at radius 2 is 2.18 bits per heavy atom. The summed E-state index contributed by atoms with van der Waals surface area (Å²) in [6.07, 6.45) is 4.43. The van der Waals surface area contributed by atoms with Crippen LogP contribution in [0.4, 0.5) is 0 Å². The number of piperidine rings is 1. The zero-order valence-corrected chi connectivity index (χ0v) is 11.0. The van der Waals surface area contributed by atoms with Crippen LogP contribution in [0.5, 0.6) is 0 Å². The van der Waals surface area contributed by atoms with Crippen molar-refractivity contribution < 1.29 is 9.63 Å². The molecule has 17 heavy (non-hydrogen) atoms. The van der Waals surface area contributed by atoms with Crippen LogP contribution < -0.4 is 5.32 Å². The van der Waals surface area contributed by atoms with Gasteiger partial charge in [0.1, 0.15) is 0 Å². The summed E-state index contributed by atoms with van der Waals surface area (Å²) >= 11 is 0. The molecule has 2 aliphatic rings. The molecule has 2 rings (SSSR count). The minimum atomic E-state index is -0.315. The fourth-order valence-electron chi connectivity index (χ4n) is 2.72. The van der Waals surface area contributed by atoms with Crippen LogP contribution >= 0.6 is 0 Å². The molecular weight excluding hydrogens is 216 g/mol. The number of hydrogen-bond donors (Lipinski definition) is 1. The topological polar surface area (TPSA) is 41.6 Å². The molecule has 1 unspecified atom stereocenters. The number of hydrogen-bond acceptors (Lipinski definition) is 3. The Labute approximate surface area is 104 Å². The van der Waals surface area contributed by atoms with Crippen molar-refractivity contribution in [1.82, 2.24) is 10.4 Å². The monoisotopic (exact) mass is 240 g/mol. The number of nitrogens with one attached hydrogen (secondary N) is 1. The Bertz CT molecular complexity index is 267. The average Bonchev–Trinajstić information content (AvgIpc) is 2.40. The Kier molecular flexibility index (Phi) is 4.05. The normalized spacial score (nSPS) is 26.9. The van der Waals surface area contributed by atoms with Crippen LogP contribution in [-0.2, 0) is 9.63 Å². The van der Waals surface area contributed by atoms with Crippen LogP contribution in [0.25, 0.3) is 0 Å². The Balaban J connectivity index is 1.99. The van der Waals surface area contributed by atoms with E-state index in [1.807, 2.05) is 0 Å². The van der Waals surface area contributed by atoms with Crippen molar-refractivity contribution in [2.45, 2.75) is 39.5 Å². The van der Waals surface area contributed by atoms with Crippen LogP contribution in [-0.4, -0.2) is 37.2 Å². The minimum Gasteiger partial charge on any atom is -0.316 e. The van der Waals surface area contributed by atoms with Crippen molar-refractivity contribution in [1.29, 1.82) is 0 Å². The molecule has 1 N–H and O–H groups in total. The summed E-state index contributed by atoms with van der Waals surface area (Å²) in [5.74, 6) is 0.583. The molecule has 1 atom stereocenters. The Hall–Kier alpha value is -0.610. The molecule has 0 aliphatic carbocycles. The lowest BCUT2D eigenvalue weighted by Crippen LogP contribution is -2.50. The van der Waals surface area contributed by atoms with E-state index in [2.05, 4.69) is 19.2 Å². The van der Waals surface area contributed by atoms with Crippen LogP contribution in [0.15, 0.2) is 0 Å². The van der Waals surface area contributed by atoms with Crippen molar-refractivity contribution in [2.75, 3.05) is 26.2 Å². The molecule has 98 valence electrons. The minimum absolute atomic E-state index is 0.158. The fraction of sp³-hybridized carbons (Fsp3) is 0.923. The van der Waals surface area contributed by atoms with E-state index in [4.69, 9.17) is 4.84 Å². The SMILES string of the molecule is CC(C)(C(=O)N1CCCCO1)C1CCCNC1. The van der Waals surface area contributed by atoms with Gasteiger partial charge in [0.25, 0.3) is 5.91 Å². The van der Waals surface area contributed by atoms with E-state index in [1.165, 1.54) is 6.42 Å². The highest BCUT2D eigenvalue weighted by molar-refractivity contribution is 5.81. The second kappa shape index (κ2) is 5.36. The molecule has 0 bridgehead atoms. The van der Waals surface area contributed by atoms with Crippen LogP contribution in [0.2, 0.25) is 0 Å². The molecule has 4 heteroatoms. The third-order valence-corrected chi connectivity index (χ3v) is 4.10. The Morgan fingerprint density at radius 1 is 1.35 bits per heavy atom. The third-order valence-electron chi connectivity index (χ3n) is 4.10. The largest absolute Gasteiger partial charge is 0.316 e. The predicted molar refractivity (Wildman–Crippen MR) is 66.3 cm³/mol. The number of nitrogens with zero attached hydrogens (tertiary/aromatic N) is 1. The predicted octanol–water partition coefficient (Wildman–Crippen LogP) is 1.57. The molecule has 4 nitrogen and oxygen atoms in total. The maximum absolute atomic E-state index is 12.5. The van der Waals surface area contributed by atoms with Gasteiger partial charge < -0.3 is 5.32 Å². The van der Waals surface area contributed by atoms with Gasteiger partial charge in [0.05, 0.1) is 6.61 Å². The lowest BCUT2D eigenvalue weighted by atomic mass is 9.74. The quantitative estimate of drug-likeness (QED) is 0.796. The van der Waals surface area contributed by atoms with E-state index in [0.29, 0.717) is 12.5 Å². The van der Waals surface area contributed by atoms with Gasteiger partial charge in [-0.25, -0.2) is 5.06 Å². The maximum atomic E-state index is 12.5. The number of carbonyl (C=O) groups is 1. The van der Waals surface area contributed by atoms with Gasteiger partial charge in [0, 0.05) is 12.0 Å². The molecule has 2 fully saturated rings. The molecular formula is C13H24N2O2. The highest BCUT2D eigenvalue weighted by Crippen LogP contribution is 2.34. The maximum Gasteiger partial charge on any atom is 0.252 e. The van der Waals surface area contributed by atoms with Gasteiger partial charge in [-0.05, 0) is 44.7 Å². The van der Waals surface area contributed by atoms with Crippen LogP contribution in [0, 0.1) is 11.3 Å². The fourth-order valence-corrected chi connectivity index (χ4v) is 2.72. The van der Waals surface area contributed by atoms with E-state index in [9.17, 15) is 4.79 Å². The summed E-state index contributed by atoms with van der Waals surface area (Å²) < 4.78 is 0. The highest BCUT2D eigenvalue weighted by Gasteiger charge is 2.40. The first kappa shape index (κ1) is 12.8. The first-order valence-electron chi connectivity index (χ1n) is 6.78. The highest BCUT2D eigenvalue weighted by atomic mass is 16.7. The molecule has 2 heterocycles. The van der Waals surface area contributed by atoms with E-state index in [0.717, 1.165) is 38.9 Å². The van der Waals surface area contributed by atoms with Crippen molar-refractivity contribution >= 4 is 5.91 Å². The molecule has 0 aromatic carbocycles. The summed E-state index contributed by atoms with van der Waals surface area (Å²) in [5, 5.41) is 4.98. The van der Waals surface area contributed by atoms with Gasteiger partial charge in [0.15, 0.2) is 0 Å². The summed E-state index contributed by atoms with van der Waals surface area (Å²) in [4.78, 5) is 18.0. The van der Waals surface area contributed by atoms with Crippen molar-refractivity contribution in [2.24, 2.45) is 11.3 Å². The second-order valence-corrected chi connectivity index (χ2v) is 5.71. The molecule has 2 aliphatic heterocycles. The lowest BCUT2D eigenvalue weighted by molar-refractivity contribution is -0.208. The number of amides is 1. The van der Waals surface area contributed by atoms with E-state index < -0.39 is 0 Å². The van der Waals surface area contributed by atoms with E-state index in [1.54, 1.807) is 5.06 Å². The first-order valence-corrected chi connectivity index (χ1v) is 6.78. The van der Waals surface area contributed by atoms with Gasteiger partial charge in [-0.1, -0.05) is 13.8 Å². The summed E-state index contributed by atoms with van der Waals surface area (Å²) in [5.41, 5.74) is -0.315. The Morgan fingerprint density at radius 3 is 2.76 bits per heavy atom. The van der Waals surface area contributed by atoms with Gasteiger partial charge in [-0.3, -0.25) is 9.63 Å². The van der Waals surface area contributed by atoms with Gasteiger partial charge >= 0.3 is 0 Å². The average molecular weight is 240 g/mol. The smallest absolute Gasteiger partial charge is 0.252 e. The van der Waals surface area contributed by atoms with Crippen molar-refractivity contribution in [3.05, 3.63) is 0 Å². The molecule has 2 saturated heterocycles. The standard InChI is InChI=1S/C13H24N2O2/c1-13(2,11-6-5-7-14-10-11)12(16)15-8-3-4-9-17-15/h11,14H,3-10H2,1-2H3. The zero-order valence-electron chi connectivity index (χ0n) is 11.0. The lowest BCUT2D eigenvalue weighted by Gasteiger charge is -2.39. The number of carbonyl (C=O) groups excluding carboxylic acids is 1. The second-order valence-electron chi connectivity index (χ2n) is 5.71. The molecule has 0 aromatic heterocycles. The van der Waals surface area contributed by atoms with Gasteiger partial charge in [-0.2, -0.15) is 0 Å². The van der Waals surface area contributed by atoms with E-state index >= 15 is 0 Å². The zero-order chi connectivity index (χ0) is 12.3. The van der Waals surface area contributed by atoms with Crippen LogP contribution in [0.1, 0.15) is 39.5 Å². The molecule has 0 saturated carbocycles. The summed E-state index contributed by atoms with van der Waals surface area (Å²) in [6.45, 7) is 7.59. The van der Waals surface area contributed by atoms with Gasteiger partial charge in [-0.15, -0.1) is 0 Å². The summed E-state index contributed by atoms with van der Waals surface area (Å²) in [7, 11) is 0. The first-order chi connectivity index (χ1) is 8.12. The number of rotatable bonds is 2. The van der Waals surface area contributed by atoms with Gasteiger partial charge in [0.2, 0.25) is 0 Å². The van der Waals surface area contributed by atoms with Crippen LogP contribution in [0.3, 0.4) is 0 Å². The van der Waals surface area contributed by atoms with E-state index in [-0.39, 0.29) is 11.3 Å². The molecule has 0 spiro atoms. The van der Waals surface area contributed by atoms with Crippen molar-refractivity contribution in [3.63, 3.8) is 0 Å². The summed E-state index contributed by atoms with van der Waals surface area (Å²) in [6, 6.07) is 0.